The smallest absolute Gasteiger partial charge is 0.244 e. The molecule has 0 bridgehead atoms. The average Bonchev–Trinajstić information content (AvgIpc) is 2.43. The van der Waals surface area contributed by atoms with E-state index in [1.807, 2.05) is 0 Å². The van der Waals surface area contributed by atoms with Gasteiger partial charge in [0.25, 0.3) is 0 Å². The molecule has 1 aliphatic rings. The summed E-state index contributed by atoms with van der Waals surface area (Å²) >= 11 is 12.0. The van der Waals surface area contributed by atoms with Gasteiger partial charge in [-0.2, -0.15) is 0 Å². The number of aliphatic hydroxyl groups excluding tert-OH is 1. The van der Waals surface area contributed by atoms with E-state index in [-0.39, 0.29) is 18.1 Å². The lowest BCUT2D eigenvalue weighted by molar-refractivity contribution is -0.117. The van der Waals surface area contributed by atoms with Crippen LogP contribution in [-0.2, 0) is 4.79 Å². The first-order valence-corrected chi connectivity index (χ1v) is 7.42. The predicted octanol–water partition coefficient (Wildman–Crippen LogP) is 3.43. The summed E-state index contributed by atoms with van der Waals surface area (Å²) < 4.78 is 0. The van der Waals surface area contributed by atoms with Crippen LogP contribution < -0.4 is 5.32 Å². The van der Waals surface area contributed by atoms with Gasteiger partial charge < -0.3 is 10.4 Å². The molecule has 1 fully saturated rings. The Morgan fingerprint density at radius 2 is 1.95 bits per heavy atom. The Labute approximate surface area is 128 Å². The second kappa shape index (κ2) is 7.11. The van der Waals surface area contributed by atoms with Crippen LogP contribution in [0, 0.1) is 0 Å². The van der Waals surface area contributed by atoms with Gasteiger partial charge in [0.15, 0.2) is 0 Å². The molecule has 0 atom stereocenters. The highest BCUT2D eigenvalue weighted by atomic mass is 35.5. The van der Waals surface area contributed by atoms with Crippen LogP contribution in [-0.4, -0.2) is 23.2 Å². The van der Waals surface area contributed by atoms with Crippen molar-refractivity contribution in [3.8, 4) is 0 Å². The summed E-state index contributed by atoms with van der Waals surface area (Å²) in [6.45, 7) is 0. The minimum Gasteiger partial charge on any atom is -0.393 e. The highest BCUT2D eigenvalue weighted by Gasteiger charge is 2.19. The Bertz CT molecular complexity index is 509. The summed E-state index contributed by atoms with van der Waals surface area (Å²) in [5.41, 5.74) is 0.716. The van der Waals surface area contributed by atoms with Gasteiger partial charge in [-0.3, -0.25) is 4.79 Å². The zero-order valence-corrected chi connectivity index (χ0v) is 12.5. The molecule has 2 rings (SSSR count). The van der Waals surface area contributed by atoms with Crippen molar-refractivity contribution in [1.29, 1.82) is 0 Å². The molecule has 0 spiro atoms. The molecule has 0 aliphatic heterocycles. The quantitative estimate of drug-likeness (QED) is 0.840. The average molecular weight is 314 g/mol. The Kier molecular flexibility index (Phi) is 5.46. The molecule has 0 aromatic heterocycles. The highest BCUT2D eigenvalue weighted by Crippen LogP contribution is 2.26. The van der Waals surface area contributed by atoms with Crippen LogP contribution in [0.1, 0.15) is 31.2 Å². The molecular formula is C15H17Cl2NO2. The molecule has 0 radical (unpaired) electrons. The van der Waals surface area contributed by atoms with Gasteiger partial charge in [-0.1, -0.05) is 35.3 Å². The van der Waals surface area contributed by atoms with E-state index in [0.29, 0.717) is 15.6 Å². The SMILES string of the molecule is O=C(/C=C/c1cccc(Cl)c1Cl)NC1CCC(O)CC1. The van der Waals surface area contributed by atoms with E-state index in [0.717, 1.165) is 25.7 Å². The molecule has 108 valence electrons. The molecular weight excluding hydrogens is 297 g/mol. The third-order valence-electron chi connectivity index (χ3n) is 3.44. The van der Waals surface area contributed by atoms with Crippen molar-refractivity contribution in [3.05, 3.63) is 39.9 Å². The van der Waals surface area contributed by atoms with Gasteiger partial charge >= 0.3 is 0 Å². The van der Waals surface area contributed by atoms with Crippen molar-refractivity contribution < 1.29 is 9.90 Å². The first-order valence-electron chi connectivity index (χ1n) is 6.67. The standard InChI is InChI=1S/C15H17Cl2NO2/c16-13-3-1-2-10(15(13)17)4-9-14(20)18-11-5-7-12(19)8-6-11/h1-4,9,11-12,19H,5-8H2,(H,18,20)/b9-4+. The van der Waals surface area contributed by atoms with Gasteiger partial charge in [0.1, 0.15) is 0 Å². The van der Waals surface area contributed by atoms with E-state index in [1.54, 1.807) is 24.3 Å². The molecule has 3 nitrogen and oxygen atoms in total. The lowest BCUT2D eigenvalue weighted by Gasteiger charge is -2.25. The molecule has 0 heterocycles. The van der Waals surface area contributed by atoms with Crippen molar-refractivity contribution in [1.82, 2.24) is 5.32 Å². The van der Waals surface area contributed by atoms with Gasteiger partial charge in [-0.05, 0) is 43.4 Å². The molecule has 2 N–H and O–H groups in total. The largest absolute Gasteiger partial charge is 0.393 e. The first kappa shape index (κ1) is 15.4. The van der Waals surface area contributed by atoms with Gasteiger partial charge in [-0.15, -0.1) is 0 Å². The zero-order valence-electron chi connectivity index (χ0n) is 11.0. The molecule has 0 unspecified atom stereocenters. The topological polar surface area (TPSA) is 49.3 Å². The minimum atomic E-state index is -0.219. The van der Waals surface area contributed by atoms with Crippen LogP contribution in [0.2, 0.25) is 10.0 Å². The number of benzene rings is 1. The number of hydrogen-bond acceptors (Lipinski definition) is 2. The van der Waals surface area contributed by atoms with Gasteiger partial charge in [0, 0.05) is 12.1 Å². The molecule has 1 aliphatic carbocycles. The summed E-state index contributed by atoms with van der Waals surface area (Å²) in [5.74, 6) is -0.151. The van der Waals surface area contributed by atoms with E-state index >= 15 is 0 Å². The summed E-state index contributed by atoms with van der Waals surface area (Å²) in [5, 5.41) is 13.3. The predicted molar refractivity (Wildman–Crippen MR) is 81.9 cm³/mol. The maximum Gasteiger partial charge on any atom is 0.244 e. The van der Waals surface area contributed by atoms with E-state index < -0.39 is 0 Å². The molecule has 5 heteroatoms. The number of aliphatic hydroxyl groups is 1. The number of nitrogens with one attached hydrogen (secondary N) is 1. The summed E-state index contributed by atoms with van der Waals surface area (Å²) in [6, 6.07) is 5.43. The first-order chi connectivity index (χ1) is 9.56. The van der Waals surface area contributed by atoms with E-state index in [1.165, 1.54) is 6.08 Å². The van der Waals surface area contributed by atoms with E-state index in [9.17, 15) is 9.90 Å². The van der Waals surface area contributed by atoms with Crippen LogP contribution in [0.5, 0.6) is 0 Å². The van der Waals surface area contributed by atoms with E-state index in [4.69, 9.17) is 23.2 Å². The number of halogens is 2. The van der Waals surface area contributed by atoms with Crippen molar-refractivity contribution >= 4 is 35.2 Å². The lowest BCUT2D eigenvalue weighted by Crippen LogP contribution is -2.37. The lowest BCUT2D eigenvalue weighted by atomic mass is 9.93. The van der Waals surface area contributed by atoms with Crippen molar-refractivity contribution in [2.75, 3.05) is 0 Å². The van der Waals surface area contributed by atoms with Gasteiger partial charge in [-0.25, -0.2) is 0 Å². The number of carbonyl (C=O) groups excluding carboxylic acids is 1. The fraction of sp³-hybridized carbons (Fsp3) is 0.400. The van der Waals surface area contributed by atoms with Crippen LogP contribution in [0.3, 0.4) is 0 Å². The number of amides is 1. The van der Waals surface area contributed by atoms with Crippen LogP contribution >= 0.6 is 23.2 Å². The fourth-order valence-corrected chi connectivity index (χ4v) is 2.65. The molecule has 1 aromatic carbocycles. The summed E-state index contributed by atoms with van der Waals surface area (Å²) in [6.07, 6.45) is 6.02. The Hall–Kier alpha value is -1.03. The Balaban J connectivity index is 1.91. The molecule has 1 amide bonds. The maximum atomic E-state index is 11.8. The third kappa shape index (κ3) is 4.23. The van der Waals surface area contributed by atoms with Crippen LogP contribution in [0.25, 0.3) is 6.08 Å². The van der Waals surface area contributed by atoms with Crippen molar-refractivity contribution in [2.45, 2.75) is 37.8 Å². The van der Waals surface area contributed by atoms with Crippen molar-refractivity contribution in [2.24, 2.45) is 0 Å². The highest BCUT2D eigenvalue weighted by molar-refractivity contribution is 6.42. The number of hydrogen-bond donors (Lipinski definition) is 2. The van der Waals surface area contributed by atoms with Gasteiger partial charge in [0.2, 0.25) is 5.91 Å². The number of rotatable bonds is 3. The van der Waals surface area contributed by atoms with Crippen LogP contribution in [0.4, 0.5) is 0 Å². The zero-order chi connectivity index (χ0) is 14.5. The molecule has 0 saturated heterocycles. The van der Waals surface area contributed by atoms with Gasteiger partial charge in [0.05, 0.1) is 16.1 Å². The summed E-state index contributed by atoms with van der Waals surface area (Å²) in [7, 11) is 0. The second-order valence-corrected chi connectivity index (χ2v) is 5.78. The monoisotopic (exact) mass is 313 g/mol. The Morgan fingerprint density at radius 1 is 1.25 bits per heavy atom. The van der Waals surface area contributed by atoms with E-state index in [2.05, 4.69) is 5.32 Å². The summed E-state index contributed by atoms with van der Waals surface area (Å²) in [4.78, 5) is 11.8. The third-order valence-corrected chi connectivity index (χ3v) is 4.27. The minimum absolute atomic E-state index is 0.144. The maximum absolute atomic E-state index is 11.8. The number of carbonyl (C=O) groups is 1. The molecule has 20 heavy (non-hydrogen) atoms. The molecule has 1 aromatic rings. The normalized spacial score (nSPS) is 22.9. The second-order valence-electron chi connectivity index (χ2n) is 4.99. The fourth-order valence-electron chi connectivity index (χ4n) is 2.28. The van der Waals surface area contributed by atoms with Crippen LogP contribution in [0.15, 0.2) is 24.3 Å². The molecule has 1 saturated carbocycles. The van der Waals surface area contributed by atoms with Crippen molar-refractivity contribution in [3.63, 3.8) is 0 Å². The Morgan fingerprint density at radius 3 is 2.65 bits per heavy atom.